The molecule has 0 aromatic rings. The standard InChI is InChI=1S/C7H14N2O/c1-2-7(10)9-6-4-3-5-8/h2-6H2,1H3,(H,9,10). The molecule has 0 bridgehead atoms. The van der Waals surface area contributed by atoms with E-state index in [1.807, 2.05) is 6.92 Å². The molecular formula is C7H14N2O. The molecule has 1 N–H and O–H groups in total. The number of hydrogen-bond donors (Lipinski definition) is 1. The average molecular weight is 142 g/mol. The fourth-order valence-corrected chi connectivity index (χ4v) is 0.590. The van der Waals surface area contributed by atoms with E-state index in [0.717, 1.165) is 12.8 Å². The molecule has 0 heterocycles. The maximum Gasteiger partial charge on any atom is 0.219 e. The van der Waals surface area contributed by atoms with Crippen molar-refractivity contribution in [2.45, 2.75) is 26.2 Å². The molecule has 0 fully saturated rings. The Morgan fingerprint density at radius 2 is 2.20 bits per heavy atom. The average Bonchev–Trinajstić information content (AvgIpc) is 1.98. The Labute approximate surface area is 62.0 Å². The molecule has 0 spiro atoms. The van der Waals surface area contributed by atoms with Gasteiger partial charge in [0, 0.05) is 19.5 Å². The van der Waals surface area contributed by atoms with E-state index < -0.39 is 0 Å². The summed E-state index contributed by atoms with van der Waals surface area (Å²) in [7, 11) is 0. The number of carbonyl (C=O) groups excluding carboxylic acids is 1. The first kappa shape index (κ1) is 9.43. The van der Waals surface area contributed by atoms with Crippen molar-refractivity contribution in [3.8, 4) is 0 Å². The third-order valence-corrected chi connectivity index (χ3v) is 1.23. The minimum absolute atomic E-state index is 0.0814. The van der Waals surface area contributed by atoms with Gasteiger partial charge < -0.3 is 5.32 Å². The fraction of sp³-hybridized carbons (Fsp3) is 0.857. The minimum Gasteiger partial charge on any atom is -0.356 e. The lowest BCUT2D eigenvalue weighted by atomic mass is 10.3. The lowest BCUT2D eigenvalue weighted by Crippen LogP contribution is -2.23. The molecular weight excluding hydrogens is 128 g/mol. The number of amides is 1. The van der Waals surface area contributed by atoms with Crippen molar-refractivity contribution >= 4 is 5.91 Å². The van der Waals surface area contributed by atoms with E-state index in [9.17, 15) is 4.79 Å². The molecule has 2 radical (unpaired) electrons. The first-order valence-electron chi connectivity index (χ1n) is 3.68. The zero-order valence-electron chi connectivity index (χ0n) is 6.39. The number of unbranched alkanes of at least 4 members (excludes halogenated alkanes) is 1. The summed E-state index contributed by atoms with van der Waals surface area (Å²) in [6, 6.07) is 0. The van der Waals surface area contributed by atoms with Crippen LogP contribution in [0.3, 0.4) is 0 Å². The number of rotatable bonds is 5. The van der Waals surface area contributed by atoms with Gasteiger partial charge in [-0.05, 0) is 12.8 Å². The molecule has 0 saturated heterocycles. The molecule has 0 saturated carbocycles. The van der Waals surface area contributed by atoms with Crippen molar-refractivity contribution in [2.75, 3.05) is 13.1 Å². The topological polar surface area (TPSA) is 51.4 Å². The summed E-state index contributed by atoms with van der Waals surface area (Å²) in [6.45, 7) is 2.72. The Balaban J connectivity index is 2.96. The highest BCUT2D eigenvalue weighted by atomic mass is 16.1. The minimum atomic E-state index is 0.0814. The Morgan fingerprint density at radius 3 is 2.70 bits per heavy atom. The Morgan fingerprint density at radius 1 is 1.50 bits per heavy atom. The van der Waals surface area contributed by atoms with Crippen molar-refractivity contribution < 1.29 is 4.79 Å². The maximum atomic E-state index is 10.6. The summed E-state index contributed by atoms with van der Waals surface area (Å²) in [5.74, 6) is 0.0814. The third-order valence-electron chi connectivity index (χ3n) is 1.23. The number of nitrogens with one attached hydrogen (secondary N) is 1. The second kappa shape index (κ2) is 6.55. The van der Waals surface area contributed by atoms with E-state index in [2.05, 4.69) is 5.32 Å². The van der Waals surface area contributed by atoms with Crippen molar-refractivity contribution in [1.82, 2.24) is 11.1 Å². The quantitative estimate of drug-likeness (QED) is 0.554. The maximum absolute atomic E-state index is 10.6. The van der Waals surface area contributed by atoms with E-state index in [1.54, 1.807) is 0 Å². The third kappa shape index (κ3) is 5.56. The van der Waals surface area contributed by atoms with Gasteiger partial charge >= 0.3 is 0 Å². The predicted molar refractivity (Wildman–Crippen MR) is 39.5 cm³/mol. The van der Waals surface area contributed by atoms with Gasteiger partial charge in [0.15, 0.2) is 0 Å². The van der Waals surface area contributed by atoms with Crippen LogP contribution in [0.5, 0.6) is 0 Å². The summed E-state index contributed by atoms with van der Waals surface area (Å²) in [5, 5.41) is 2.72. The second-order valence-electron chi connectivity index (χ2n) is 2.13. The Hall–Kier alpha value is -0.570. The highest BCUT2D eigenvalue weighted by Crippen LogP contribution is 1.83. The summed E-state index contributed by atoms with van der Waals surface area (Å²) < 4.78 is 0. The van der Waals surface area contributed by atoms with E-state index in [1.165, 1.54) is 0 Å². The molecule has 1 amide bonds. The van der Waals surface area contributed by atoms with Crippen LogP contribution in [0.25, 0.3) is 0 Å². The molecule has 58 valence electrons. The first-order valence-corrected chi connectivity index (χ1v) is 3.68. The lowest BCUT2D eigenvalue weighted by Gasteiger charge is -2.00. The lowest BCUT2D eigenvalue weighted by molar-refractivity contribution is -0.120. The van der Waals surface area contributed by atoms with Gasteiger partial charge in [-0.1, -0.05) is 6.92 Å². The summed E-state index contributed by atoms with van der Waals surface area (Å²) in [5.41, 5.74) is 8.38. The zero-order valence-corrected chi connectivity index (χ0v) is 6.39. The smallest absolute Gasteiger partial charge is 0.219 e. The fourth-order valence-electron chi connectivity index (χ4n) is 0.590. The van der Waals surface area contributed by atoms with E-state index in [-0.39, 0.29) is 12.5 Å². The molecule has 0 aliphatic heterocycles. The van der Waals surface area contributed by atoms with Crippen LogP contribution >= 0.6 is 0 Å². The SMILES string of the molecule is CCC(=O)NCCCC[N]. The van der Waals surface area contributed by atoms with E-state index in [0.29, 0.717) is 13.0 Å². The monoisotopic (exact) mass is 142 g/mol. The Kier molecular flexibility index (Phi) is 6.18. The van der Waals surface area contributed by atoms with Crippen LogP contribution < -0.4 is 11.1 Å². The van der Waals surface area contributed by atoms with Crippen LogP contribution in [0, 0.1) is 0 Å². The number of nitrogens with zero attached hydrogens (tertiary/aromatic N) is 1. The van der Waals surface area contributed by atoms with Crippen molar-refractivity contribution in [3.63, 3.8) is 0 Å². The molecule has 0 unspecified atom stereocenters. The molecule has 0 aromatic carbocycles. The number of hydrogen-bond acceptors (Lipinski definition) is 1. The highest BCUT2D eigenvalue weighted by Gasteiger charge is 1.93. The van der Waals surface area contributed by atoms with Crippen LogP contribution in [0.2, 0.25) is 0 Å². The highest BCUT2D eigenvalue weighted by molar-refractivity contribution is 5.75. The van der Waals surface area contributed by atoms with Crippen LogP contribution in [0.4, 0.5) is 0 Å². The van der Waals surface area contributed by atoms with Crippen LogP contribution in [0.1, 0.15) is 26.2 Å². The van der Waals surface area contributed by atoms with Gasteiger partial charge in [0.05, 0.1) is 0 Å². The largest absolute Gasteiger partial charge is 0.356 e. The van der Waals surface area contributed by atoms with Crippen LogP contribution in [-0.2, 0) is 4.79 Å². The molecule has 0 aliphatic carbocycles. The molecule has 0 rings (SSSR count). The van der Waals surface area contributed by atoms with Gasteiger partial charge in [0.25, 0.3) is 0 Å². The van der Waals surface area contributed by atoms with E-state index >= 15 is 0 Å². The van der Waals surface area contributed by atoms with Crippen molar-refractivity contribution in [1.29, 1.82) is 0 Å². The van der Waals surface area contributed by atoms with Gasteiger partial charge in [-0.25, -0.2) is 0 Å². The summed E-state index contributed by atoms with van der Waals surface area (Å²) >= 11 is 0. The van der Waals surface area contributed by atoms with Crippen molar-refractivity contribution in [2.24, 2.45) is 0 Å². The van der Waals surface area contributed by atoms with Gasteiger partial charge in [-0.15, -0.1) is 5.73 Å². The van der Waals surface area contributed by atoms with Gasteiger partial charge in [0.2, 0.25) is 5.91 Å². The second-order valence-corrected chi connectivity index (χ2v) is 2.13. The van der Waals surface area contributed by atoms with Crippen LogP contribution in [-0.4, -0.2) is 19.0 Å². The summed E-state index contributed by atoms with van der Waals surface area (Å²) in [6.07, 6.45) is 2.17. The normalized spacial score (nSPS) is 9.40. The molecule has 0 aliphatic rings. The molecule has 0 atom stereocenters. The van der Waals surface area contributed by atoms with Gasteiger partial charge in [-0.2, -0.15) is 0 Å². The van der Waals surface area contributed by atoms with Gasteiger partial charge in [0.1, 0.15) is 0 Å². The predicted octanol–water partition coefficient (Wildman–Crippen LogP) is 0.361. The van der Waals surface area contributed by atoms with Crippen molar-refractivity contribution in [3.05, 3.63) is 0 Å². The first-order chi connectivity index (χ1) is 4.81. The number of carbonyl (C=O) groups is 1. The molecule has 3 nitrogen and oxygen atoms in total. The van der Waals surface area contributed by atoms with E-state index in [4.69, 9.17) is 5.73 Å². The summed E-state index contributed by atoms with van der Waals surface area (Å²) in [4.78, 5) is 10.6. The van der Waals surface area contributed by atoms with Crippen LogP contribution in [0.15, 0.2) is 0 Å². The molecule has 0 aromatic heterocycles. The zero-order chi connectivity index (χ0) is 7.82. The Bertz CT molecular complexity index is 93.6. The van der Waals surface area contributed by atoms with Gasteiger partial charge in [-0.3, -0.25) is 4.79 Å². The molecule has 3 heteroatoms. The molecule has 10 heavy (non-hydrogen) atoms.